The Morgan fingerprint density at radius 2 is 2.14 bits per heavy atom. The Morgan fingerprint density at radius 3 is 2.57 bits per heavy atom. The highest BCUT2D eigenvalue weighted by atomic mass is 16.2. The van der Waals surface area contributed by atoms with Crippen LogP contribution in [-0.4, -0.2) is 44.0 Å². The summed E-state index contributed by atoms with van der Waals surface area (Å²) < 4.78 is 0. The second-order valence-electron chi connectivity index (χ2n) is 3.88. The van der Waals surface area contributed by atoms with Crippen molar-refractivity contribution in [2.75, 3.05) is 27.2 Å². The first kappa shape index (κ1) is 13.4. The summed E-state index contributed by atoms with van der Waals surface area (Å²) in [6.07, 6.45) is 3.23. The molecule has 14 heavy (non-hydrogen) atoms. The standard InChI is InChI=1S/C10H23N3O/c1-4-5-6-9(7-11)12-10(14)8-13(2)3/h9H,4-8,11H2,1-3H3,(H,12,14). The van der Waals surface area contributed by atoms with Crippen molar-refractivity contribution in [3.05, 3.63) is 0 Å². The van der Waals surface area contributed by atoms with Crippen molar-refractivity contribution in [2.45, 2.75) is 32.2 Å². The van der Waals surface area contributed by atoms with Crippen molar-refractivity contribution in [3.8, 4) is 0 Å². The van der Waals surface area contributed by atoms with E-state index in [1.165, 1.54) is 0 Å². The molecule has 0 spiro atoms. The number of likely N-dealkylation sites (N-methyl/N-ethyl adjacent to an activating group) is 1. The Balaban J connectivity index is 3.74. The predicted octanol–water partition coefficient (Wildman–Crippen LogP) is 0.182. The lowest BCUT2D eigenvalue weighted by molar-refractivity contribution is -0.122. The Kier molecular flexibility index (Phi) is 7.42. The molecule has 0 aromatic heterocycles. The molecule has 1 atom stereocenters. The molecule has 0 saturated carbocycles. The number of nitrogens with two attached hydrogens (primary N) is 1. The van der Waals surface area contributed by atoms with Crippen LogP contribution in [0.3, 0.4) is 0 Å². The third-order valence-electron chi connectivity index (χ3n) is 2.02. The van der Waals surface area contributed by atoms with Gasteiger partial charge in [-0.05, 0) is 20.5 Å². The van der Waals surface area contributed by atoms with Gasteiger partial charge in [0.25, 0.3) is 0 Å². The zero-order valence-electron chi connectivity index (χ0n) is 9.55. The molecule has 0 aliphatic rings. The molecule has 4 heteroatoms. The zero-order valence-corrected chi connectivity index (χ0v) is 9.55. The van der Waals surface area contributed by atoms with Crippen LogP contribution in [-0.2, 0) is 4.79 Å². The van der Waals surface area contributed by atoms with E-state index in [4.69, 9.17) is 5.73 Å². The fraction of sp³-hybridized carbons (Fsp3) is 0.900. The van der Waals surface area contributed by atoms with Crippen LogP contribution >= 0.6 is 0 Å². The minimum atomic E-state index is 0.0570. The van der Waals surface area contributed by atoms with Crippen LogP contribution in [0, 0.1) is 0 Å². The fourth-order valence-corrected chi connectivity index (χ4v) is 1.26. The number of rotatable bonds is 7. The first-order valence-electron chi connectivity index (χ1n) is 5.24. The van der Waals surface area contributed by atoms with Crippen molar-refractivity contribution < 1.29 is 4.79 Å². The van der Waals surface area contributed by atoms with E-state index in [0.717, 1.165) is 19.3 Å². The molecular weight excluding hydrogens is 178 g/mol. The van der Waals surface area contributed by atoms with Gasteiger partial charge in [0.2, 0.25) is 5.91 Å². The van der Waals surface area contributed by atoms with Gasteiger partial charge >= 0.3 is 0 Å². The second-order valence-corrected chi connectivity index (χ2v) is 3.88. The third-order valence-corrected chi connectivity index (χ3v) is 2.02. The Bertz CT molecular complexity index is 159. The quantitative estimate of drug-likeness (QED) is 0.618. The van der Waals surface area contributed by atoms with E-state index in [1.807, 2.05) is 19.0 Å². The van der Waals surface area contributed by atoms with Crippen LogP contribution in [0.2, 0.25) is 0 Å². The highest BCUT2D eigenvalue weighted by molar-refractivity contribution is 5.78. The van der Waals surface area contributed by atoms with Crippen LogP contribution in [0.5, 0.6) is 0 Å². The lowest BCUT2D eigenvalue weighted by Crippen LogP contribution is -2.43. The van der Waals surface area contributed by atoms with Crippen LogP contribution in [0.1, 0.15) is 26.2 Å². The largest absolute Gasteiger partial charge is 0.351 e. The molecule has 3 N–H and O–H groups in total. The van der Waals surface area contributed by atoms with Gasteiger partial charge in [0, 0.05) is 12.6 Å². The Morgan fingerprint density at radius 1 is 1.50 bits per heavy atom. The fourth-order valence-electron chi connectivity index (χ4n) is 1.26. The first-order chi connectivity index (χ1) is 6.60. The van der Waals surface area contributed by atoms with Gasteiger partial charge in [-0.25, -0.2) is 0 Å². The van der Waals surface area contributed by atoms with E-state index >= 15 is 0 Å². The molecule has 0 heterocycles. The average molecular weight is 201 g/mol. The topological polar surface area (TPSA) is 58.4 Å². The third kappa shape index (κ3) is 6.86. The molecule has 84 valence electrons. The molecule has 0 aromatic rings. The van der Waals surface area contributed by atoms with Crippen LogP contribution < -0.4 is 11.1 Å². The van der Waals surface area contributed by atoms with Gasteiger partial charge in [-0.15, -0.1) is 0 Å². The maximum absolute atomic E-state index is 11.4. The summed E-state index contributed by atoms with van der Waals surface area (Å²) in [6.45, 7) is 3.09. The first-order valence-corrected chi connectivity index (χ1v) is 5.24. The number of nitrogens with one attached hydrogen (secondary N) is 1. The van der Waals surface area contributed by atoms with Crippen molar-refractivity contribution in [2.24, 2.45) is 5.73 Å². The molecule has 0 aliphatic heterocycles. The molecule has 4 nitrogen and oxygen atoms in total. The van der Waals surface area contributed by atoms with E-state index in [9.17, 15) is 4.79 Å². The van der Waals surface area contributed by atoms with Gasteiger partial charge in [0.15, 0.2) is 0 Å². The smallest absolute Gasteiger partial charge is 0.234 e. The van der Waals surface area contributed by atoms with E-state index in [0.29, 0.717) is 13.1 Å². The summed E-state index contributed by atoms with van der Waals surface area (Å²) in [7, 11) is 3.76. The summed E-state index contributed by atoms with van der Waals surface area (Å²) in [5.74, 6) is 0.0570. The molecule has 0 aromatic carbocycles. The molecule has 0 radical (unpaired) electrons. The summed E-state index contributed by atoms with van der Waals surface area (Å²) >= 11 is 0. The summed E-state index contributed by atoms with van der Waals surface area (Å²) in [6, 6.07) is 0.141. The number of nitrogens with zero attached hydrogens (tertiary/aromatic N) is 1. The SMILES string of the molecule is CCCCC(CN)NC(=O)CN(C)C. The molecule has 1 amide bonds. The molecular formula is C10H23N3O. The van der Waals surface area contributed by atoms with Gasteiger partial charge in [-0.2, -0.15) is 0 Å². The maximum Gasteiger partial charge on any atom is 0.234 e. The predicted molar refractivity (Wildman–Crippen MR) is 59.1 cm³/mol. The number of carbonyl (C=O) groups is 1. The molecule has 0 rings (SSSR count). The van der Waals surface area contributed by atoms with Crippen LogP contribution in [0.4, 0.5) is 0 Å². The van der Waals surface area contributed by atoms with E-state index in [-0.39, 0.29) is 11.9 Å². The molecule has 0 saturated heterocycles. The van der Waals surface area contributed by atoms with Crippen molar-refractivity contribution in [1.29, 1.82) is 0 Å². The summed E-state index contributed by atoms with van der Waals surface area (Å²) in [4.78, 5) is 13.2. The monoisotopic (exact) mass is 201 g/mol. The summed E-state index contributed by atoms with van der Waals surface area (Å²) in [5.41, 5.74) is 5.56. The molecule has 1 unspecified atom stereocenters. The van der Waals surface area contributed by atoms with Gasteiger partial charge in [0.05, 0.1) is 6.54 Å². The van der Waals surface area contributed by atoms with Gasteiger partial charge in [-0.1, -0.05) is 19.8 Å². The molecule has 0 fully saturated rings. The zero-order chi connectivity index (χ0) is 11.0. The Hall–Kier alpha value is -0.610. The number of hydrogen-bond acceptors (Lipinski definition) is 3. The van der Waals surface area contributed by atoms with Crippen molar-refractivity contribution >= 4 is 5.91 Å². The molecule has 0 aliphatic carbocycles. The lowest BCUT2D eigenvalue weighted by Gasteiger charge is -2.18. The minimum absolute atomic E-state index is 0.0570. The second kappa shape index (κ2) is 7.76. The number of unbranched alkanes of at least 4 members (excludes halogenated alkanes) is 1. The summed E-state index contributed by atoms with van der Waals surface area (Å²) in [5, 5.41) is 2.93. The van der Waals surface area contributed by atoms with Crippen molar-refractivity contribution in [3.63, 3.8) is 0 Å². The van der Waals surface area contributed by atoms with Gasteiger partial charge in [-0.3, -0.25) is 4.79 Å². The highest BCUT2D eigenvalue weighted by Crippen LogP contribution is 1.98. The van der Waals surface area contributed by atoms with Crippen molar-refractivity contribution in [1.82, 2.24) is 10.2 Å². The molecule has 0 bridgehead atoms. The van der Waals surface area contributed by atoms with Crippen LogP contribution in [0.25, 0.3) is 0 Å². The average Bonchev–Trinajstić information content (AvgIpc) is 2.10. The Labute approximate surface area is 86.8 Å². The highest BCUT2D eigenvalue weighted by Gasteiger charge is 2.10. The lowest BCUT2D eigenvalue weighted by atomic mass is 10.1. The van der Waals surface area contributed by atoms with E-state index in [2.05, 4.69) is 12.2 Å². The van der Waals surface area contributed by atoms with Gasteiger partial charge < -0.3 is 16.0 Å². The minimum Gasteiger partial charge on any atom is -0.351 e. The maximum atomic E-state index is 11.4. The number of hydrogen-bond donors (Lipinski definition) is 2. The number of carbonyl (C=O) groups excluding carboxylic acids is 1. The number of amides is 1. The normalized spacial score (nSPS) is 12.9. The van der Waals surface area contributed by atoms with Crippen LogP contribution in [0.15, 0.2) is 0 Å². The van der Waals surface area contributed by atoms with Gasteiger partial charge in [0.1, 0.15) is 0 Å². The van der Waals surface area contributed by atoms with E-state index in [1.54, 1.807) is 0 Å². The van der Waals surface area contributed by atoms with E-state index < -0.39 is 0 Å².